The molecule has 7 fully saturated rings. The summed E-state index contributed by atoms with van der Waals surface area (Å²) in [4.78, 5) is 15.0. The lowest BCUT2D eigenvalue weighted by molar-refractivity contribution is -0.361. The molecule has 23 atom stereocenters. The van der Waals surface area contributed by atoms with Gasteiger partial charge in [-0.2, -0.15) is 8.42 Å². The molecule has 8 rings (SSSR count). The summed E-state index contributed by atoms with van der Waals surface area (Å²) in [5.41, 5.74) is -1.08. The molecule has 20 nitrogen and oxygen atoms in total. The molecule has 0 amide bonds. The molecule has 8 aliphatic rings. The fraction of sp³-hybridized carbons (Fsp3) is 0.938. The highest BCUT2D eigenvalue weighted by Gasteiger charge is 2.70. The van der Waals surface area contributed by atoms with Crippen molar-refractivity contribution < 1.29 is 96.3 Å². The Kier molecular flexibility index (Phi) is 14.6. The first-order valence-corrected chi connectivity index (χ1v) is 26.2. The van der Waals surface area contributed by atoms with Crippen LogP contribution in [0.5, 0.6) is 0 Å². The molecule has 396 valence electrons. The van der Waals surface area contributed by atoms with Gasteiger partial charge in [0.05, 0.1) is 30.8 Å². The van der Waals surface area contributed by atoms with E-state index in [0.29, 0.717) is 32.1 Å². The SMILES string of the molecule is C[C@H]1OC(O[C@@H]2C(CO)O[C@@H](OCC3O[C@@H](OC(=O)[C@]45CCC(C)(C)CC4C4=CCC6[C@@]7(C)CC[C@H](OS(=O)(=O)O)C(C)(C)C7CC[C@@]6(C)[C@]4(C)CC5)[C@@H](O)C(O)[C@@H]3O)[C@@H](O)C2O)[C@@H](O)[C@@H](O)[C@@H]1O. The number of esters is 1. The first kappa shape index (κ1) is 53.8. The maximum absolute atomic E-state index is 15.0. The van der Waals surface area contributed by atoms with Crippen LogP contribution in [0.1, 0.15) is 120 Å². The summed E-state index contributed by atoms with van der Waals surface area (Å²) in [5, 5.41) is 96.5. The van der Waals surface area contributed by atoms with Crippen molar-refractivity contribution in [1.82, 2.24) is 0 Å². The fourth-order valence-corrected chi connectivity index (χ4v) is 15.7. The second kappa shape index (κ2) is 18.7. The average Bonchev–Trinajstić information content (AvgIpc) is 3.27. The van der Waals surface area contributed by atoms with Crippen molar-refractivity contribution in [3.05, 3.63) is 11.6 Å². The maximum Gasteiger partial charge on any atom is 0.397 e. The Morgan fingerprint density at radius 2 is 1.33 bits per heavy atom. The number of rotatable bonds is 10. The molecular weight excluding hydrogens is 929 g/mol. The Morgan fingerprint density at radius 1 is 0.710 bits per heavy atom. The maximum atomic E-state index is 15.0. The van der Waals surface area contributed by atoms with Gasteiger partial charge in [0.1, 0.15) is 67.1 Å². The number of allylic oxidation sites excluding steroid dienone is 2. The van der Waals surface area contributed by atoms with Crippen molar-refractivity contribution in [2.45, 2.75) is 218 Å². The standard InChI is InChI=1S/C48H78O20S/c1-22-30(50)32(52)35(55)40(63-22)66-38-25(20-49)64-39(37(57)34(38)54)62-21-26-31(51)33(53)36(56)41(65-26)67-42(58)48-17-15-43(2,3)19-24(48)23-9-10-28-45(6)13-12-29(68-69(59,60)61)44(4,5)27(45)11-14-47(28,8)46(23,7)16-18-48/h9,22,24-41,49-57H,10-21H2,1-8H3,(H,59,60,61)/t22-,24?,25?,26?,27?,28?,29+,30-,31-,32+,33?,34?,35+,36+,37+,38-,39-,40?,41+,45+,46-,47-,48+/m1/s1. The van der Waals surface area contributed by atoms with Crippen molar-refractivity contribution in [3.8, 4) is 0 Å². The van der Waals surface area contributed by atoms with Gasteiger partial charge in [-0.25, -0.2) is 4.18 Å². The molecule has 0 aromatic carbocycles. The van der Waals surface area contributed by atoms with Gasteiger partial charge in [0.2, 0.25) is 6.29 Å². The zero-order valence-electron chi connectivity index (χ0n) is 41.0. The number of ether oxygens (including phenoxy) is 6. The normalized spacial score (nSPS) is 51.7. The van der Waals surface area contributed by atoms with E-state index in [1.807, 2.05) is 0 Å². The lowest BCUT2D eigenvalue weighted by atomic mass is 9.33. The van der Waals surface area contributed by atoms with Gasteiger partial charge >= 0.3 is 16.4 Å². The Morgan fingerprint density at radius 3 is 2.00 bits per heavy atom. The summed E-state index contributed by atoms with van der Waals surface area (Å²) in [6.45, 7) is 15.6. The molecule has 0 radical (unpaired) electrons. The van der Waals surface area contributed by atoms with Crippen molar-refractivity contribution in [2.24, 2.45) is 50.2 Å². The van der Waals surface area contributed by atoms with E-state index < -0.39 is 139 Å². The number of aliphatic hydroxyl groups excluding tert-OH is 9. The van der Waals surface area contributed by atoms with E-state index >= 15 is 0 Å². The van der Waals surface area contributed by atoms with Crippen molar-refractivity contribution >= 4 is 16.4 Å². The van der Waals surface area contributed by atoms with Crippen LogP contribution in [0, 0.1) is 50.2 Å². The van der Waals surface area contributed by atoms with Gasteiger partial charge in [0.25, 0.3) is 0 Å². The molecule has 10 N–H and O–H groups in total. The van der Waals surface area contributed by atoms with Crippen LogP contribution in [-0.4, -0.2) is 176 Å². The Hall–Kier alpha value is -1.48. The quantitative estimate of drug-likeness (QED) is 0.0829. The molecule has 5 aliphatic carbocycles. The topological polar surface area (TPSA) is 318 Å². The Bertz CT molecular complexity index is 2030. The average molecular weight is 1010 g/mol. The molecule has 0 aromatic heterocycles. The van der Waals surface area contributed by atoms with E-state index in [-0.39, 0.29) is 39.4 Å². The van der Waals surface area contributed by atoms with Crippen LogP contribution < -0.4 is 0 Å². The first-order chi connectivity index (χ1) is 32.0. The Labute approximate surface area is 404 Å². The fourth-order valence-electron chi connectivity index (χ4n) is 15.1. The van der Waals surface area contributed by atoms with Crippen LogP contribution in [0.4, 0.5) is 0 Å². The van der Waals surface area contributed by atoms with Gasteiger partial charge in [0.15, 0.2) is 12.6 Å². The third-order valence-corrected chi connectivity index (χ3v) is 19.9. The molecule has 8 unspecified atom stereocenters. The van der Waals surface area contributed by atoms with E-state index in [9.17, 15) is 63.7 Å². The zero-order valence-corrected chi connectivity index (χ0v) is 41.8. The van der Waals surface area contributed by atoms with E-state index in [2.05, 4.69) is 54.5 Å². The van der Waals surface area contributed by atoms with Crippen LogP contribution in [0.2, 0.25) is 0 Å². The summed E-state index contributed by atoms with van der Waals surface area (Å²) < 4.78 is 73.5. The molecule has 0 spiro atoms. The number of hydrogen-bond acceptors (Lipinski definition) is 19. The largest absolute Gasteiger partial charge is 0.432 e. The van der Waals surface area contributed by atoms with Gasteiger partial charge in [0, 0.05) is 0 Å². The summed E-state index contributed by atoms with van der Waals surface area (Å²) in [6.07, 6.45) is -15.9. The minimum atomic E-state index is -4.64. The molecule has 3 aliphatic heterocycles. The minimum absolute atomic E-state index is 0.121. The van der Waals surface area contributed by atoms with Crippen LogP contribution in [0.3, 0.4) is 0 Å². The zero-order chi connectivity index (χ0) is 50.8. The second-order valence-corrected chi connectivity index (χ2v) is 25.0. The summed E-state index contributed by atoms with van der Waals surface area (Å²) in [6, 6.07) is 0. The number of fused-ring (bicyclic) bond motifs is 7. The van der Waals surface area contributed by atoms with E-state index in [4.69, 9.17) is 32.6 Å². The van der Waals surface area contributed by atoms with Gasteiger partial charge < -0.3 is 74.4 Å². The predicted octanol–water partition coefficient (Wildman–Crippen LogP) is 0.995. The third kappa shape index (κ3) is 8.99. The number of hydrogen-bond donors (Lipinski definition) is 10. The van der Waals surface area contributed by atoms with Gasteiger partial charge in [-0.15, -0.1) is 0 Å². The minimum Gasteiger partial charge on any atom is -0.432 e. The van der Waals surface area contributed by atoms with Crippen molar-refractivity contribution in [1.29, 1.82) is 0 Å². The number of carbonyl (C=O) groups excluding carboxylic acids is 1. The van der Waals surface area contributed by atoms with Crippen LogP contribution >= 0.6 is 0 Å². The van der Waals surface area contributed by atoms with Crippen LogP contribution in [0.15, 0.2) is 11.6 Å². The summed E-state index contributed by atoms with van der Waals surface area (Å²) in [5.74, 6) is -0.442. The van der Waals surface area contributed by atoms with Crippen molar-refractivity contribution in [2.75, 3.05) is 13.2 Å². The first-order valence-electron chi connectivity index (χ1n) is 24.8. The van der Waals surface area contributed by atoms with Gasteiger partial charge in [-0.05, 0) is 116 Å². The molecule has 69 heavy (non-hydrogen) atoms. The van der Waals surface area contributed by atoms with E-state index in [0.717, 1.165) is 32.1 Å². The van der Waals surface area contributed by atoms with Crippen LogP contribution in [-0.2, 0) is 47.8 Å². The smallest absolute Gasteiger partial charge is 0.397 e. The third-order valence-electron chi connectivity index (χ3n) is 19.5. The molecule has 4 saturated carbocycles. The lowest BCUT2D eigenvalue weighted by Gasteiger charge is -2.71. The Balaban J connectivity index is 0.976. The van der Waals surface area contributed by atoms with Gasteiger partial charge in [-0.1, -0.05) is 60.1 Å². The summed E-state index contributed by atoms with van der Waals surface area (Å²) >= 11 is 0. The monoisotopic (exact) mass is 1010 g/mol. The highest BCUT2D eigenvalue weighted by atomic mass is 32.3. The van der Waals surface area contributed by atoms with E-state index in [1.54, 1.807) is 0 Å². The molecule has 3 heterocycles. The van der Waals surface area contributed by atoms with Gasteiger partial charge in [-0.3, -0.25) is 9.35 Å². The molecule has 3 saturated heterocycles. The molecule has 21 heteroatoms. The molecular formula is C48H78O20S. The second-order valence-electron chi connectivity index (χ2n) is 24.0. The highest BCUT2D eigenvalue weighted by Crippen LogP contribution is 2.76. The predicted molar refractivity (Wildman–Crippen MR) is 239 cm³/mol. The summed E-state index contributed by atoms with van der Waals surface area (Å²) in [7, 11) is -4.64. The molecule has 0 aromatic rings. The number of aliphatic hydroxyl groups is 9. The van der Waals surface area contributed by atoms with Crippen LogP contribution in [0.25, 0.3) is 0 Å². The van der Waals surface area contributed by atoms with E-state index in [1.165, 1.54) is 12.5 Å². The lowest BCUT2D eigenvalue weighted by Crippen LogP contribution is -2.65. The highest BCUT2D eigenvalue weighted by molar-refractivity contribution is 7.80. The van der Waals surface area contributed by atoms with Crippen molar-refractivity contribution in [3.63, 3.8) is 0 Å². The number of carbonyl (C=O) groups is 1. The molecule has 0 bridgehead atoms.